The van der Waals surface area contributed by atoms with Gasteiger partial charge >= 0.3 is 0 Å². The molecule has 16 heavy (non-hydrogen) atoms. The first-order valence-electron chi connectivity index (χ1n) is 5.62. The fourth-order valence-electron chi connectivity index (χ4n) is 1.44. The molecule has 0 spiro atoms. The van der Waals surface area contributed by atoms with Gasteiger partial charge in [0.25, 0.3) is 0 Å². The highest BCUT2D eigenvalue weighted by molar-refractivity contribution is 5.41. The molecule has 1 aromatic heterocycles. The summed E-state index contributed by atoms with van der Waals surface area (Å²) in [7, 11) is 4.14. The number of hydrogen-bond acceptors (Lipinski definition) is 5. The average Bonchev–Trinajstić information content (AvgIpc) is 2.25. The van der Waals surface area contributed by atoms with Crippen LogP contribution in [0.15, 0.2) is 12.1 Å². The Labute approximate surface area is 97.3 Å². The maximum absolute atomic E-state index is 5.52. The molecule has 1 aromatic rings. The molecule has 0 saturated carbocycles. The molecule has 1 rings (SSSR count). The second kappa shape index (κ2) is 6.27. The van der Waals surface area contributed by atoms with E-state index in [1.807, 2.05) is 6.07 Å². The first kappa shape index (κ1) is 12.7. The third-order valence-corrected chi connectivity index (χ3v) is 2.31. The van der Waals surface area contributed by atoms with Crippen LogP contribution in [0, 0.1) is 0 Å². The topological polar surface area (TPSA) is 58.3 Å². The Morgan fingerprint density at radius 3 is 2.38 bits per heavy atom. The van der Waals surface area contributed by atoms with Gasteiger partial charge in [-0.15, -0.1) is 10.2 Å². The van der Waals surface area contributed by atoms with Gasteiger partial charge in [0, 0.05) is 19.6 Å². The maximum atomic E-state index is 5.52. The number of nitrogens with two attached hydrogens (primary N) is 1. The lowest BCUT2D eigenvalue weighted by molar-refractivity contribution is 0.412. The molecule has 0 aliphatic rings. The Morgan fingerprint density at radius 1 is 1.12 bits per heavy atom. The molecule has 0 amide bonds. The largest absolute Gasteiger partial charge is 0.382 e. The summed E-state index contributed by atoms with van der Waals surface area (Å²) in [6.45, 7) is 5.12. The van der Waals surface area contributed by atoms with Crippen molar-refractivity contribution >= 4 is 11.6 Å². The van der Waals surface area contributed by atoms with Crippen LogP contribution < -0.4 is 10.6 Å². The number of anilines is 2. The smallest absolute Gasteiger partial charge is 0.151 e. The second-order valence-electron chi connectivity index (χ2n) is 4.11. The molecule has 0 aliphatic carbocycles. The van der Waals surface area contributed by atoms with E-state index in [4.69, 9.17) is 5.73 Å². The van der Waals surface area contributed by atoms with Crippen LogP contribution in [0.2, 0.25) is 0 Å². The Balaban J connectivity index is 2.64. The van der Waals surface area contributed by atoms with E-state index in [0.29, 0.717) is 5.82 Å². The minimum atomic E-state index is 0.466. The van der Waals surface area contributed by atoms with Gasteiger partial charge in [0.15, 0.2) is 5.82 Å². The van der Waals surface area contributed by atoms with E-state index in [1.165, 1.54) is 0 Å². The third kappa shape index (κ3) is 4.02. The zero-order chi connectivity index (χ0) is 12.0. The minimum Gasteiger partial charge on any atom is -0.382 e. The molecule has 0 saturated heterocycles. The van der Waals surface area contributed by atoms with Gasteiger partial charge in [-0.05, 0) is 32.6 Å². The van der Waals surface area contributed by atoms with Gasteiger partial charge in [-0.1, -0.05) is 6.92 Å². The fourth-order valence-corrected chi connectivity index (χ4v) is 1.44. The van der Waals surface area contributed by atoms with Gasteiger partial charge in [0.05, 0.1) is 0 Å². The molecule has 2 N–H and O–H groups in total. The van der Waals surface area contributed by atoms with Crippen molar-refractivity contribution in [2.24, 2.45) is 0 Å². The highest BCUT2D eigenvalue weighted by Gasteiger charge is 2.07. The molecule has 0 atom stereocenters. The first-order valence-corrected chi connectivity index (χ1v) is 5.62. The van der Waals surface area contributed by atoms with Crippen molar-refractivity contribution in [1.29, 1.82) is 0 Å². The third-order valence-electron chi connectivity index (χ3n) is 2.31. The van der Waals surface area contributed by atoms with Crippen LogP contribution in [0.5, 0.6) is 0 Å². The van der Waals surface area contributed by atoms with Crippen LogP contribution in [0.1, 0.15) is 13.3 Å². The van der Waals surface area contributed by atoms with Crippen molar-refractivity contribution in [1.82, 2.24) is 15.1 Å². The van der Waals surface area contributed by atoms with Crippen LogP contribution in [0.25, 0.3) is 0 Å². The van der Waals surface area contributed by atoms with Crippen molar-refractivity contribution in [3.8, 4) is 0 Å². The van der Waals surface area contributed by atoms with Crippen LogP contribution in [-0.2, 0) is 0 Å². The lowest BCUT2D eigenvalue weighted by atomic mass is 10.3. The Morgan fingerprint density at radius 2 is 1.88 bits per heavy atom. The Kier molecular flexibility index (Phi) is 4.98. The monoisotopic (exact) mass is 223 g/mol. The quantitative estimate of drug-likeness (QED) is 0.774. The van der Waals surface area contributed by atoms with Crippen molar-refractivity contribution in [3.63, 3.8) is 0 Å². The van der Waals surface area contributed by atoms with E-state index in [0.717, 1.165) is 31.9 Å². The number of likely N-dealkylation sites (N-methyl/N-ethyl adjacent to an activating group) is 1. The van der Waals surface area contributed by atoms with Crippen LogP contribution in [-0.4, -0.2) is 48.8 Å². The molecule has 0 aromatic carbocycles. The summed E-state index contributed by atoms with van der Waals surface area (Å²) in [6.07, 6.45) is 1.10. The molecule has 1 heterocycles. The lowest BCUT2D eigenvalue weighted by Crippen LogP contribution is -2.33. The first-order chi connectivity index (χ1) is 7.63. The summed E-state index contributed by atoms with van der Waals surface area (Å²) in [4.78, 5) is 4.39. The predicted octanol–water partition coefficient (Wildman–Crippen LogP) is 0.837. The average molecular weight is 223 g/mol. The maximum Gasteiger partial charge on any atom is 0.151 e. The lowest BCUT2D eigenvalue weighted by Gasteiger charge is -2.24. The van der Waals surface area contributed by atoms with Gasteiger partial charge in [-0.25, -0.2) is 0 Å². The molecule has 0 aliphatic heterocycles. The van der Waals surface area contributed by atoms with Gasteiger partial charge in [0.2, 0.25) is 0 Å². The van der Waals surface area contributed by atoms with Crippen molar-refractivity contribution in [3.05, 3.63) is 12.1 Å². The van der Waals surface area contributed by atoms with Crippen molar-refractivity contribution < 1.29 is 0 Å². The summed E-state index contributed by atoms with van der Waals surface area (Å²) in [5.41, 5.74) is 5.52. The summed E-state index contributed by atoms with van der Waals surface area (Å²) in [6, 6.07) is 3.72. The molecule has 0 fully saturated rings. The molecule has 5 nitrogen and oxygen atoms in total. The standard InChI is InChI=1S/C11H21N5/c1-4-7-16(9-8-15(2)3)11-6-5-10(12)13-14-11/h5-6H,4,7-9H2,1-3H3,(H2,12,13). The molecular weight excluding hydrogens is 202 g/mol. The van der Waals surface area contributed by atoms with E-state index < -0.39 is 0 Å². The molecule has 0 unspecified atom stereocenters. The van der Waals surface area contributed by atoms with Crippen molar-refractivity contribution in [2.75, 3.05) is 44.4 Å². The Bertz CT molecular complexity index is 296. The number of nitrogens with zero attached hydrogens (tertiary/aromatic N) is 4. The number of rotatable bonds is 6. The van der Waals surface area contributed by atoms with Gasteiger partial charge in [-0.2, -0.15) is 0 Å². The van der Waals surface area contributed by atoms with E-state index in [2.05, 4.69) is 41.0 Å². The van der Waals surface area contributed by atoms with E-state index in [1.54, 1.807) is 6.07 Å². The fraction of sp³-hybridized carbons (Fsp3) is 0.636. The van der Waals surface area contributed by atoms with Gasteiger partial charge < -0.3 is 15.5 Å². The molecule has 0 radical (unpaired) electrons. The molecule has 5 heteroatoms. The normalized spacial score (nSPS) is 10.8. The number of aromatic nitrogens is 2. The zero-order valence-corrected chi connectivity index (χ0v) is 10.3. The molecular formula is C11H21N5. The summed E-state index contributed by atoms with van der Waals surface area (Å²) < 4.78 is 0. The van der Waals surface area contributed by atoms with E-state index in [-0.39, 0.29) is 0 Å². The van der Waals surface area contributed by atoms with Gasteiger partial charge in [0.1, 0.15) is 5.82 Å². The number of hydrogen-bond donors (Lipinski definition) is 1. The van der Waals surface area contributed by atoms with Crippen LogP contribution in [0.4, 0.5) is 11.6 Å². The van der Waals surface area contributed by atoms with Gasteiger partial charge in [-0.3, -0.25) is 0 Å². The van der Waals surface area contributed by atoms with E-state index >= 15 is 0 Å². The summed E-state index contributed by atoms with van der Waals surface area (Å²) in [5.74, 6) is 1.37. The van der Waals surface area contributed by atoms with E-state index in [9.17, 15) is 0 Å². The SMILES string of the molecule is CCCN(CCN(C)C)c1ccc(N)nn1. The van der Waals surface area contributed by atoms with Crippen molar-refractivity contribution in [2.45, 2.75) is 13.3 Å². The molecule has 90 valence electrons. The van der Waals surface area contributed by atoms with Crippen LogP contribution in [0.3, 0.4) is 0 Å². The highest BCUT2D eigenvalue weighted by atomic mass is 15.3. The predicted molar refractivity (Wildman–Crippen MR) is 67.5 cm³/mol. The summed E-state index contributed by atoms with van der Waals surface area (Å²) in [5, 5.41) is 7.99. The molecule has 0 bridgehead atoms. The highest BCUT2D eigenvalue weighted by Crippen LogP contribution is 2.10. The van der Waals surface area contributed by atoms with Crippen LogP contribution >= 0.6 is 0 Å². The second-order valence-corrected chi connectivity index (χ2v) is 4.11. The minimum absolute atomic E-state index is 0.466. The number of nitrogen functional groups attached to an aromatic ring is 1. The summed E-state index contributed by atoms with van der Waals surface area (Å²) >= 11 is 0. The Hall–Kier alpha value is -1.36. The zero-order valence-electron chi connectivity index (χ0n) is 10.3.